The molecule has 0 amide bonds. The highest BCUT2D eigenvalue weighted by Crippen LogP contribution is 2.27. The molecule has 1 nitrogen and oxygen atoms in total. The monoisotopic (exact) mass is 299 g/mol. The van der Waals surface area contributed by atoms with Gasteiger partial charge in [0, 0.05) is 17.3 Å². The average Bonchev–Trinajstić information content (AvgIpc) is 2.33. The molecular weight excluding hydrogens is 289 g/mol. The van der Waals surface area contributed by atoms with E-state index in [2.05, 4.69) is 5.32 Å². The van der Waals surface area contributed by atoms with E-state index in [0.29, 0.717) is 16.6 Å². The number of hydrogen-bond donors (Lipinski definition) is 1. The van der Waals surface area contributed by atoms with Crippen LogP contribution in [0.3, 0.4) is 0 Å². The fourth-order valence-corrected chi connectivity index (χ4v) is 2.31. The van der Waals surface area contributed by atoms with Gasteiger partial charge in [-0.25, -0.2) is 0 Å². The van der Waals surface area contributed by atoms with E-state index in [1.54, 1.807) is 6.07 Å². The predicted octanol–water partition coefficient (Wildman–Crippen LogP) is 5.57. The molecule has 0 saturated carbocycles. The molecule has 18 heavy (non-hydrogen) atoms. The second-order valence-electron chi connectivity index (χ2n) is 4.03. The lowest BCUT2D eigenvalue weighted by Gasteiger charge is -2.11. The molecule has 0 aliphatic heterocycles. The summed E-state index contributed by atoms with van der Waals surface area (Å²) in [5, 5.41) is 5.23. The van der Waals surface area contributed by atoms with Gasteiger partial charge < -0.3 is 5.32 Å². The Balaban J connectivity index is 2.14. The van der Waals surface area contributed by atoms with Crippen LogP contribution in [0.1, 0.15) is 11.1 Å². The summed E-state index contributed by atoms with van der Waals surface area (Å²) in [5.41, 5.74) is 3.11. The largest absolute Gasteiger partial charge is 0.381 e. The van der Waals surface area contributed by atoms with E-state index in [0.717, 1.165) is 21.8 Å². The Bertz CT molecular complexity index is 567. The second kappa shape index (κ2) is 5.83. The number of anilines is 1. The zero-order chi connectivity index (χ0) is 13.1. The molecule has 0 atom stereocenters. The average molecular weight is 301 g/mol. The van der Waals surface area contributed by atoms with Gasteiger partial charge in [0.25, 0.3) is 0 Å². The lowest BCUT2D eigenvalue weighted by atomic mass is 10.1. The lowest BCUT2D eigenvalue weighted by Crippen LogP contribution is -2.01. The second-order valence-corrected chi connectivity index (χ2v) is 5.25. The molecule has 0 aliphatic rings. The number of hydrogen-bond acceptors (Lipinski definition) is 1. The molecule has 2 rings (SSSR count). The standard InChI is InChI=1S/C14H12Cl3N/c1-9-7-11(15)5-6-13(9)18-8-10-3-2-4-12(16)14(10)17/h2-7,18H,8H2,1H3. The van der Waals surface area contributed by atoms with Crippen LogP contribution in [0.25, 0.3) is 0 Å². The van der Waals surface area contributed by atoms with Crippen LogP contribution in [0.5, 0.6) is 0 Å². The van der Waals surface area contributed by atoms with Crippen molar-refractivity contribution in [2.75, 3.05) is 5.32 Å². The van der Waals surface area contributed by atoms with Crippen molar-refractivity contribution < 1.29 is 0 Å². The minimum Gasteiger partial charge on any atom is -0.381 e. The van der Waals surface area contributed by atoms with Crippen molar-refractivity contribution in [3.8, 4) is 0 Å². The Morgan fingerprint density at radius 3 is 2.56 bits per heavy atom. The summed E-state index contributed by atoms with van der Waals surface area (Å²) in [7, 11) is 0. The number of benzene rings is 2. The van der Waals surface area contributed by atoms with E-state index in [1.165, 1.54) is 0 Å². The molecule has 0 fully saturated rings. The van der Waals surface area contributed by atoms with E-state index >= 15 is 0 Å². The summed E-state index contributed by atoms with van der Waals surface area (Å²) in [6, 6.07) is 11.4. The van der Waals surface area contributed by atoms with Gasteiger partial charge in [-0.1, -0.05) is 46.9 Å². The van der Waals surface area contributed by atoms with Gasteiger partial charge in [-0.3, -0.25) is 0 Å². The zero-order valence-electron chi connectivity index (χ0n) is 9.81. The Hall–Kier alpha value is -0.890. The third-order valence-electron chi connectivity index (χ3n) is 2.69. The van der Waals surface area contributed by atoms with Crippen LogP contribution in [0.4, 0.5) is 5.69 Å². The molecule has 0 bridgehead atoms. The quantitative estimate of drug-likeness (QED) is 0.781. The van der Waals surface area contributed by atoms with Gasteiger partial charge in [0.15, 0.2) is 0 Å². The molecule has 0 radical (unpaired) electrons. The molecular formula is C14H12Cl3N. The number of aryl methyl sites for hydroxylation is 1. The third-order valence-corrected chi connectivity index (χ3v) is 3.78. The molecule has 0 unspecified atom stereocenters. The molecule has 94 valence electrons. The summed E-state index contributed by atoms with van der Waals surface area (Å²) in [4.78, 5) is 0. The summed E-state index contributed by atoms with van der Waals surface area (Å²) >= 11 is 18.0. The molecule has 2 aromatic rings. The van der Waals surface area contributed by atoms with Crippen molar-refractivity contribution >= 4 is 40.5 Å². The Morgan fingerprint density at radius 1 is 1.06 bits per heavy atom. The SMILES string of the molecule is Cc1cc(Cl)ccc1NCc1cccc(Cl)c1Cl. The number of halogens is 3. The molecule has 0 aromatic heterocycles. The van der Waals surface area contributed by atoms with Gasteiger partial charge in [-0.15, -0.1) is 0 Å². The van der Waals surface area contributed by atoms with Gasteiger partial charge in [-0.2, -0.15) is 0 Å². The smallest absolute Gasteiger partial charge is 0.0642 e. The minimum atomic E-state index is 0.573. The van der Waals surface area contributed by atoms with Gasteiger partial charge >= 0.3 is 0 Å². The minimum absolute atomic E-state index is 0.573. The van der Waals surface area contributed by atoms with E-state index in [4.69, 9.17) is 34.8 Å². The summed E-state index contributed by atoms with van der Waals surface area (Å²) in [5.74, 6) is 0. The fourth-order valence-electron chi connectivity index (χ4n) is 1.70. The molecule has 0 heterocycles. The van der Waals surface area contributed by atoms with Crippen molar-refractivity contribution in [1.29, 1.82) is 0 Å². The molecule has 1 N–H and O–H groups in total. The van der Waals surface area contributed by atoms with Gasteiger partial charge in [-0.05, 0) is 42.3 Å². The van der Waals surface area contributed by atoms with Crippen molar-refractivity contribution in [2.45, 2.75) is 13.5 Å². The number of nitrogens with one attached hydrogen (secondary N) is 1. The first-order valence-corrected chi connectivity index (χ1v) is 6.64. The van der Waals surface area contributed by atoms with Crippen molar-refractivity contribution in [3.63, 3.8) is 0 Å². The van der Waals surface area contributed by atoms with E-state index in [1.807, 2.05) is 37.3 Å². The molecule has 4 heteroatoms. The predicted molar refractivity (Wildman–Crippen MR) is 80.0 cm³/mol. The van der Waals surface area contributed by atoms with Crippen molar-refractivity contribution in [3.05, 3.63) is 62.6 Å². The Morgan fingerprint density at radius 2 is 1.83 bits per heavy atom. The first kappa shape index (κ1) is 13.5. The van der Waals surface area contributed by atoms with Crippen LogP contribution in [0.15, 0.2) is 36.4 Å². The summed E-state index contributed by atoms with van der Waals surface area (Å²) in [6.45, 7) is 2.63. The van der Waals surface area contributed by atoms with Crippen LogP contribution < -0.4 is 5.32 Å². The van der Waals surface area contributed by atoms with Crippen LogP contribution >= 0.6 is 34.8 Å². The molecule has 2 aromatic carbocycles. The maximum atomic E-state index is 6.13. The van der Waals surface area contributed by atoms with Crippen LogP contribution in [0, 0.1) is 6.92 Å². The number of rotatable bonds is 3. The summed E-state index contributed by atoms with van der Waals surface area (Å²) in [6.07, 6.45) is 0. The first-order chi connectivity index (χ1) is 8.58. The van der Waals surface area contributed by atoms with Crippen LogP contribution in [-0.4, -0.2) is 0 Å². The van der Waals surface area contributed by atoms with Gasteiger partial charge in [0.05, 0.1) is 10.0 Å². The van der Waals surface area contributed by atoms with Crippen LogP contribution in [0.2, 0.25) is 15.1 Å². The Kier molecular flexibility index (Phi) is 4.39. The van der Waals surface area contributed by atoms with Crippen LogP contribution in [-0.2, 0) is 6.54 Å². The first-order valence-electron chi connectivity index (χ1n) is 5.51. The highest BCUT2D eigenvalue weighted by Gasteiger charge is 2.05. The van der Waals surface area contributed by atoms with Crippen molar-refractivity contribution in [2.24, 2.45) is 0 Å². The van der Waals surface area contributed by atoms with E-state index in [-0.39, 0.29) is 0 Å². The lowest BCUT2D eigenvalue weighted by molar-refractivity contribution is 1.14. The molecule has 0 aliphatic carbocycles. The summed E-state index contributed by atoms with van der Waals surface area (Å²) < 4.78 is 0. The zero-order valence-corrected chi connectivity index (χ0v) is 12.1. The van der Waals surface area contributed by atoms with Gasteiger partial charge in [0.1, 0.15) is 0 Å². The van der Waals surface area contributed by atoms with Crippen molar-refractivity contribution in [1.82, 2.24) is 0 Å². The molecule has 0 spiro atoms. The van der Waals surface area contributed by atoms with E-state index in [9.17, 15) is 0 Å². The maximum Gasteiger partial charge on any atom is 0.0642 e. The highest BCUT2D eigenvalue weighted by atomic mass is 35.5. The highest BCUT2D eigenvalue weighted by molar-refractivity contribution is 6.42. The normalized spacial score (nSPS) is 10.4. The maximum absolute atomic E-state index is 6.13. The fraction of sp³-hybridized carbons (Fsp3) is 0.143. The molecule has 0 saturated heterocycles. The topological polar surface area (TPSA) is 12.0 Å². The third kappa shape index (κ3) is 3.11. The Labute approximate surface area is 122 Å². The van der Waals surface area contributed by atoms with Gasteiger partial charge in [0.2, 0.25) is 0 Å². The van der Waals surface area contributed by atoms with E-state index < -0.39 is 0 Å².